The topological polar surface area (TPSA) is 98.9 Å². The Hall–Kier alpha value is -4.42. The van der Waals surface area contributed by atoms with Crippen LogP contribution in [0.15, 0.2) is 65.7 Å². The molecule has 0 atom stereocenters. The first-order valence-corrected chi connectivity index (χ1v) is 9.50. The van der Waals surface area contributed by atoms with Crippen LogP contribution in [0, 0.1) is 11.6 Å². The smallest absolute Gasteiger partial charge is 0.416 e. The zero-order valence-corrected chi connectivity index (χ0v) is 16.9. The first-order valence-electron chi connectivity index (χ1n) is 9.50. The van der Waals surface area contributed by atoms with E-state index in [1.807, 2.05) is 0 Å². The van der Waals surface area contributed by atoms with E-state index in [4.69, 9.17) is 4.52 Å². The van der Waals surface area contributed by atoms with E-state index in [1.54, 1.807) is 0 Å². The number of amides is 2. The largest absolute Gasteiger partial charge is 0.424 e. The number of pyridine rings is 2. The Morgan fingerprint density at radius 1 is 1.09 bits per heavy atom. The van der Waals surface area contributed by atoms with Gasteiger partial charge in [0.2, 0.25) is 18.6 Å². The minimum Gasteiger partial charge on any atom is -0.424 e. The van der Waals surface area contributed by atoms with Crippen molar-refractivity contribution in [3.8, 4) is 11.1 Å². The Labute approximate surface area is 188 Å². The molecule has 0 bridgehead atoms. The molecule has 3 heterocycles. The number of rotatable bonds is 5. The predicted octanol–water partition coefficient (Wildman–Crippen LogP) is 5.00. The monoisotopic (exact) mass is 476 g/mol. The second-order valence-corrected chi connectivity index (χ2v) is 6.87. The number of alkyl halides is 3. The summed E-state index contributed by atoms with van der Waals surface area (Å²) in [5, 5.41) is 9.48. The fourth-order valence-electron chi connectivity index (χ4n) is 2.94. The number of benzene rings is 1. The molecule has 0 aliphatic carbocycles. The van der Waals surface area contributed by atoms with Crippen molar-refractivity contribution in [2.24, 2.45) is 0 Å². The number of hydrogen-bond donors (Lipinski definition) is 1. The molecule has 0 saturated heterocycles. The Morgan fingerprint density at radius 3 is 2.53 bits per heavy atom. The van der Waals surface area contributed by atoms with Crippen molar-refractivity contribution in [2.75, 3.05) is 5.32 Å². The molecule has 0 aliphatic rings. The fourth-order valence-corrected chi connectivity index (χ4v) is 2.94. The molecule has 4 aromatic rings. The van der Waals surface area contributed by atoms with Gasteiger partial charge in [0, 0.05) is 11.8 Å². The number of carbonyl (C=O) groups excluding carboxylic acids is 1. The van der Waals surface area contributed by atoms with E-state index in [-0.39, 0.29) is 29.2 Å². The van der Waals surface area contributed by atoms with E-state index < -0.39 is 29.4 Å². The fraction of sp³-hybridized carbons (Fsp3) is 0.0952. The molecule has 3 aromatic heterocycles. The van der Waals surface area contributed by atoms with Crippen LogP contribution in [0.4, 0.5) is 38.3 Å². The molecule has 0 unspecified atom stereocenters. The third-order valence-corrected chi connectivity index (χ3v) is 4.44. The number of nitrogens with one attached hydrogen (secondary N) is 1. The van der Waals surface area contributed by atoms with E-state index in [2.05, 4.69) is 25.9 Å². The number of urea groups is 1. The molecule has 0 fully saturated rings. The number of aromatic nitrogens is 4. The molecule has 13 heteroatoms. The highest BCUT2D eigenvalue weighted by atomic mass is 19.4. The third kappa shape index (κ3) is 5.31. The Balaban J connectivity index is 1.38. The van der Waals surface area contributed by atoms with Gasteiger partial charge in [-0.05, 0) is 22.5 Å². The molecule has 1 N–H and O–H groups in total. The van der Waals surface area contributed by atoms with Gasteiger partial charge in [-0.2, -0.15) is 13.2 Å². The summed E-state index contributed by atoms with van der Waals surface area (Å²) in [5.41, 5.74) is -0.598. The molecule has 0 spiro atoms. The van der Waals surface area contributed by atoms with Crippen LogP contribution in [-0.2, 0) is 12.7 Å². The lowest BCUT2D eigenvalue weighted by molar-refractivity contribution is -0.755. The maximum atomic E-state index is 13.9. The van der Waals surface area contributed by atoms with Crippen LogP contribution in [-0.4, -0.2) is 21.3 Å². The number of anilines is 1. The lowest BCUT2D eigenvalue weighted by Crippen LogP contribution is -2.35. The molecular formula is C21H13F5N6O2. The maximum absolute atomic E-state index is 13.9. The summed E-state index contributed by atoms with van der Waals surface area (Å²) in [6, 6.07) is 6.10. The Kier molecular flexibility index (Phi) is 6.17. The minimum atomic E-state index is -4.55. The standard InChI is InChI=1S/C21H13F5N6O2/c22-16-8-27-9-17(23)19(16)12-4-5-15(28-7-12)10-32-11-18(34-31-32)30-20(33)29-14-3-1-2-13(6-14)21(24,25)26/h1-9,11H,10H2,(H-,29,30,31,33). The zero-order chi connectivity index (χ0) is 24.3. The molecule has 0 aliphatic heterocycles. The van der Waals surface area contributed by atoms with E-state index in [0.29, 0.717) is 5.69 Å². The molecule has 174 valence electrons. The molecule has 1 aromatic carbocycles. The summed E-state index contributed by atoms with van der Waals surface area (Å²) >= 11 is 0. The third-order valence-electron chi connectivity index (χ3n) is 4.44. The predicted molar refractivity (Wildman–Crippen MR) is 107 cm³/mol. The van der Waals surface area contributed by atoms with Gasteiger partial charge in [-0.1, -0.05) is 24.3 Å². The SMILES string of the molecule is O=C([N-]c1c[n+](Cc2ccc(-c3c(F)cncc3F)cn2)no1)Nc1cccc(C(F)(F)F)c1. The number of hydrogen-bond acceptors (Lipinski definition) is 5. The Morgan fingerprint density at radius 2 is 1.85 bits per heavy atom. The highest BCUT2D eigenvalue weighted by Gasteiger charge is 2.30. The first kappa shape index (κ1) is 22.8. The molecule has 34 heavy (non-hydrogen) atoms. The van der Waals surface area contributed by atoms with Crippen LogP contribution in [0.25, 0.3) is 16.4 Å². The summed E-state index contributed by atoms with van der Waals surface area (Å²) in [6.45, 7) is 0.0792. The van der Waals surface area contributed by atoms with Gasteiger partial charge in [-0.3, -0.25) is 14.8 Å². The Bertz CT molecular complexity index is 1300. The van der Waals surface area contributed by atoms with Crippen LogP contribution < -0.4 is 10.00 Å². The van der Waals surface area contributed by atoms with Crippen molar-refractivity contribution >= 4 is 17.6 Å². The highest BCUT2D eigenvalue weighted by Crippen LogP contribution is 2.31. The van der Waals surface area contributed by atoms with E-state index in [9.17, 15) is 26.7 Å². The molecule has 0 radical (unpaired) electrons. The second kappa shape index (κ2) is 9.21. The van der Waals surface area contributed by atoms with Crippen LogP contribution in [0.1, 0.15) is 11.3 Å². The summed E-state index contributed by atoms with van der Waals surface area (Å²) in [5.74, 6) is -1.85. The average Bonchev–Trinajstić information content (AvgIpc) is 3.21. The van der Waals surface area contributed by atoms with Gasteiger partial charge >= 0.3 is 6.18 Å². The van der Waals surface area contributed by atoms with Crippen molar-refractivity contribution in [3.05, 3.63) is 89.4 Å². The van der Waals surface area contributed by atoms with Crippen LogP contribution in [0.2, 0.25) is 0 Å². The quantitative estimate of drug-likeness (QED) is 0.323. The molecule has 0 saturated carbocycles. The van der Waals surface area contributed by atoms with E-state index >= 15 is 0 Å². The number of carbonyl (C=O) groups is 1. The van der Waals surface area contributed by atoms with Crippen molar-refractivity contribution in [1.82, 2.24) is 15.2 Å². The summed E-state index contributed by atoms with van der Waals surface area (Å²) in [4.78, 5) is 19.6. The van der Waals surface area contributed by atoms with Gasteiger partial charge in [0.05, 0.1) is 23.5 Å². The lowest BCUT2D eigenvalue weighted by atomic mass is 10.1. The van der Waals surface area contributed by atoms with Gasteiger partial charge in [-0.15, -0.1) is 0 Å². The van der Waals surface area contributed by atoms with Crippen molar-refractivity contribution < 1.29 is 36.0 Å². The average molecular weight is 476 g/mol. The van der Waals surface area contributed by atoms with Gasteiger partial charge in [-0.25, -0.2) is 8.78 Å². The van der Waals surface area contributed by atoms with Gasteiger partial charge in [0.25, 0.3) is 0 Å². The summed E-state index contributed by atoms with van der Waals surface area (Å²) < 4.78 is 72.2. The van der Waals surface area contributed by atoms with Gasteiger partial charge in [0.15, 0.2) is 22.9 Å². The van der Waals surface area contributed by atoms with Crippen LogP contribution in [0.3, 0.4) is 0 Å². The highest BCUT2D eigenvalue weighted by molar-refractivity contribution is 6.03. The first-order chi connectivity index (χ1) is 16.2. The van der Waals surface area contributed by atoms with E-state index in [0.717, 1.165) is 30.6 Å². The van der Waals surface area contributed by atoms with Crippen molar-refractivity contribution in [1.29, 1.82) is 0 Å². The number of nitrogens with zero attached hydrogens (tertiary/aromatic N) is 5. The van der Waals surface area contributed by atoms with Crippen LogP contribution in [0.5, 0.6) is 0 Å². The van der Waals surface area contributed by atoms with Crippen molar-refractivity contribution in [2.45, 2.75) is 12.7 Å². The lowest BCUT2D eigenvalue weighted by Gasteiger charge is -2.15. The zero-order valence-electron chi connectivity index (χ0n) is 16.9. The second-order valence-electron chi connectivity index (χ2n) is 6.87. The van der Waals surface area contributed by atoms with Crippen molar-refractivity contribution in [3.63, 3.8) is 0 Å². The number of halogens is 5. The molecule has 8 nitrogen and oxygen atoms in total. The summed E-state index contributed by atoms with van der Waals surface area (Å²) in [6.07, 6.45) is -0.215. The molecule has 2 amide bonds. The molecular weight excluding hydrogens is 463 g/mol. The maximum Gasteiger partial charge on any atom is 0.416 e. The normalized spacial score (nSPS) is 11.3. The van der Waals surface area contributed by atoms with E-state index in [1.165, 1.54) is 35.3 Å². The molecule has 4 rings (SSSR count). The van der Waals surface area contributed by atoms with Gasteiger partial charge < -0.3 is 15.2 Å². The van der Waals surface area contributed by atoms with Gasteiger partial charge in [0.1, 0.15) is 5.69 Å². The van der Waals surface area contributed by atoms with Crippen LogP contribution >= 0.6 is 0 Å². The minimum absolute atomic E-state index is 0.0792. The summed E-state index contributed by atoms with van der Waals surface area (Å²) in [7, 11) is 0.